The number of halogens is 1. The first-order chi connectivity index (χ1) is 4.75. The van der Waals surface area contributed by atoms with Crippen molar-refractivity contribution in [3.63, 3.8) is 0 Å². The molecule has 0 spiro atoms. The zero-order valence-corrected chi connectivity index (χ0v) is 6.90. The third-order valence-electron chi connectivity index (χ3n) is 1.51. The van der Waals surface area contributed by atoms with Crippen molar-refractivity contribution in [2.24, 2.45) is 0 Å². The van der Waals surface area contributed by atoms with Crippen molar-refractivity contribution in [2.45, 2.75) is 13.3 Å². The van der Waals surface area contributed by atoms with E-state index in [2.05, 4.69) is 6.08 Å². The zero-order chi connectivity index (χ0) is 7.56. The van der Waals surface area contributed by atoms with Crippen LogP contribution in [0.15, 0.2) is 22.4 Å². The van der Waals surface area contributed by atoms with Crippen molar-refractivity contribution in [3.8, 4) is 0 Å². The molecule has 1 radical (unpaired) electrons. The Morgan fingerprint density at radius 1 is 1.60 bits per heavy atom. The maximum absolute atomic E-state index is 5.89. The summed E-state index contributed by atoms with van der Waals surface area (Å²) >= 11 is 5.89. The highest BCUT2D eigenvalue weighted by Gasteiger charge is 2.10. The predicted octanol–water partition coefficient (Wildman–Crippen LogP) is 2.64. The van der Waals surface area contributed by atoms with Gasteiger partial charge in [0.2, 0.25) is 0 Å². The Balaban J connectivity index is 2.85. The Bertz CT molecular complexity index is 191. The van der Waals surface area contributed by atoms with Crippen LogP contribution < -0.4 is 0 Å². The summed E-state index contributed by atoms with van der Waals surface area (Å²) in [6, 6.07) is 0. The average molecular weight is 158 g/mol. The molecule has 0 aromatic rings. The summed E-state index contributed by atoms with van der Waals surface area (Å²) in [5, 5.41) is 0.730. The van der Waals surface area contributed by atoms with Gasteiger partial charge in [-0.25, -0.2) is 0 Å². The Morgan fingerprint density at radius 2 is 2.30 bits per heavy atom. The Morgan fingerprint density at radius 3 is 2.80 bits per heavy atom. The fraction of sp³-hybridized carbons (Fsp3) is 0.375. The van der Waals surface area contributed by atoms with Crippen LogP contribution in [0.3, 0.4) is 0 Å². The molecular formula is C8H10ClO. The number of allylic oxidation sites excluding steroid dienone is 4. The summed E-state index contributed by atoms with van der Waals surface area (Å²) < 4.78 is 5.03. The second-order valence-electron chi connectivity index (χ2n) is 2.21. The summed E-state index contributed by atoms with van der Waals surface area (Å²) in [6.07, 6.45) is 4.96. The predicted molar refractivity (Wildman–Crippen MR) is 42.6 cm³/mol. The molecule has 0 saturated carbocycles. The maximum atomic E-state index is 5.89. The van der Waals surface area contributed by atoms with Gasteiger partial charge in [0.1, 0.15) is 5.76 Å². The Labute approximate surface area is 66.3 Å². The van der Waals surface area contributed by atoms with E-state index in [0.717, 1.165) is 22.8 Å². The maximum Gasteiger partial charge on any atom is 0.118 e. The molecule has 0 N–H and O–H groups in total. The topological polar surface area (TPSA) is 9.23 Å². The molecule has 55 valence electrons. The quantitative estimate of drug-likeness (QED) is 0.569. The standard InChI is InChI=1S/C8H10ClO/c1-6-4-3-5-7(10-2)8(6)9/h4-5H,3H2,1-2H3. The Hall–Kier alpha value is -0.430. The largest absolute Gasteiger partial charge is 0.499 e. The van der Waals surface area contributed by atoms with Gasteiger partial charge in [-0.05, 0) is 18.9 Å². The van der Waals surface area contributed by atoms with Gasteiger partial charge in [-0.2, -0.15) is 0 Å². The van der Waals surface area contributed by atoms with Crippen molar-refractivity contribution < 1.29 is 4.74 Å². The number of rotatable bonds is 1. The lowest BCUT2D eigenvalue weighted by atomic mass is 10.1. The van der Waals surface area contributed by atoms with Gasteiger partial charge in [-0.1, -0.05) is 17.7 Å². The minimum absolute atomic E-state index is 0.730. The molecule has 10 heavy (non-hydrogen) atoms. The van der Waals surface area contributed by atoms with E-state index in [1.165, 1.54) is 0 Å². The molecule has 0 fully saturated rings. The fourth-order valence-electron chi connectivity index (χ4n) is 0.889. The summed E-state index contributed by atoms with van der Waals surface area (Å²) in [4.78, 5) is 0. The smallest absolute Gasteiger partial charge is 0.118 e. The van der Waals surface area contributed by atoms with Crippen LogP contribution >= 0.6 is 11.6 Å². The monoisotopic (exact) mass is 157 g/mol. The van der Waals surface area contributed by atoms with Crippen LogP contribution in [-0.2, 0) is 4.74 Å². The zero-order valence-electron chi connectivity index (χ0n) is 6.15. The normalized spacial score (nSPS) is 18.9. The van der Waals surface area contributed by atoms with Gasteiger partial charge in [-0.3, -0.25) is 0 Å². The number of ether oxygens (including phenoxy) is 1. The highest BCUT2D eigenvalue weighted by atomic mass is 35.5. The lowest BCUT2D eigenvalue weighted by Crippen LogP contribution is -1.97. The Kier molecular flexibility index (Phi) is 2.39. The van der Waals surface area contributed by atoms with Crippen molar-refractivity contribution in [1.29, 1.82) is 0 Å². The summed E-state index contributed by atoms with van der Waals surface area (Å²) in [6.45, 7) is 1.98. The molecule has 0 bridgehead atoms. The molecular weight excluding hydrogens is 148 g/mol. The minimum Gasteiger partial charge on any atom is -0.499 e. The van der Waals surface area contributed by atoms with Crippen molar-refractivity contribution in [1.82, 2.24) is 0 Å². The fourth-order valence-corrected chi connectivity index (χ4v) is 1.12. The molecule has 0 atom stereocenters. The molecule has 0 aromatic heterocycles. The van der Waals surface area contributed by atoms with Gasteiger partial charge in [0, 0.05) is 6.42 Å². The third-order valence-corrected chi connectivity index (χ3v) is 1.99. The molecule has 0 unspecified atom stereocenters. The highest BCUT2D eigenvalue weighted by molar-refractivity contribution is 6.32. The van der Waals surface area contributed by atoms with E-state index >= 15 is 0 Å². The van der Waals surface area contributed by atoms with E-state index in [9.17, 15) is 0 Å². The molecule has 0 amide bonds. The highest BCUT2D eigenvalue weighted by Crippen LogP contribution is 2.27. The minimum atomic E-state index is 0.730. The number of hydrogen-bond acceptors (Lipinski definition) is 1. The first-order valence-corrected chi connectivity index (χ1v) is 3.57. The van der Waals surface area contributed by atoms with E-state index in [1.807, 2.05) is 13.3 Å². The van der Waals surface area contributed by atoms with Crippen LogP contribution in [0, 0.1) is 6.42 Å². The molecule has 1 aliphatic carbocycles. The third kappa shape index (κ3) is 1.35. The van der Waals surface area contributed by atoms with Crippen molar-refractivity contribution in [2.75, 3.05) is 7.11 Å². The van der Waals surface area contributed by atoms with E-state index < -0.39 is 0 Å². The molecule has 1 rings (SSSR count). The first kappa shape index (κ1) is 7.67. The van der Waals surface area contributed by atoms with E-state index in [4.69, 9.17) is 16.3 Å². The summed E-state index contributed by atoms with van der Waals surface area (Å²) in [5.41, 5.74) is 1.10. The van der Waals surface area contributed by atoms with Gasteiger partial charge in [0.25, 0.3) is 0 Å². The molecule has 0 aliphatic heterocycles. The van der Waals surface area contributed by atoms with Gasteiger partial charge in [0.05, 0.1) is 12.1 Å². The van der Waals surface area contributed by atoms with E-state index in [-0.39, 0.29) is 0 Å². The van der Waals surface area contributed by atoms with Crippen LogP contribution in [0.25, 0.3) is 0 Å². The van der Waals surface area contributed by atoms with E-state index in [1.54, 1.807) is 7.11 Å². The summed E-state index contributed by atoms with van der Waals surface area (Å²) in [7, 11) is 1.63. The van der Waals surface area contributed by atoms with Gasteiger partial charge in [-0.15, -0.1) is 0 Å². The number of methoxy groups -OCH3 is 1. The van der Waals surface area contributed by atoms with Crippen LogP contribution in [0.1, 0.15) is 13.3 Å². The average Bonchev–Trinajstić information content (AvgIpc) is 1.95. The molecule has 1 aliphatic rings. The lowest BCUT2D eigenvalue weighted by molar-refractivity contribution is 0.295. The van der Waals surface area contributed by atoms with Crippen molar-refractivity contribution >= 4 is 11.6 Å². The summed E-state index contributed by atoms with van der Waals surface area (Å²) in [5.74, 6) is 0.793. The molecule has 0 saturated heterocycles. The molecule has 0 aromatic carbocycles. The van der Waals surface area contributed by atoms with Gasteiger partial charge < -0.3 is 4.74 Å². The van der Waals surface area contributed by atoms with Crippen LogP contribution in [-0.4, -0.2) is 7.11 Å². The van der Waals surface area contributed by atoms with E-state index in [0.29, 0.717) is 0 Å². The second-order valence-corrected chi connectivity index (χ2v) is 2.59. The van der Waals surface area contributed by atoms with Crippen LogP contribution in [0.5, 0.6) is 0 Å². The first-order valence-electron chi connectivity index (χ1n) is 3.20. The number of hydrogen-bond donors (Lipinski definition) is 0. The molecule has 1 nitrogen and oxygen atoms in total. The molecule has 2 heteroatoms. The van der Waals surface area contributed by atoms with Crippen molar-refractivity contribution in [3.05, 3.63) is 28.9 Å². The van der Waals surface area contributed by atoms with Crippen LogP contribution in [0.2, 0.25) is 0 Å². The van der Waals surface area contributed by atoms with Crippen LogP contribution in [0.4, 0.5) is 0 Å². The SMILES string of the molecule is COC1=C(Cl)C(C)=CC[CH]1. The second kappa shape index (κ2) is 3.11. The molecule has 0 heterocycles. The van der Waals surface area contributed by atoms with Gasteiger partial charge in [0.15, 0.2) is 0 Å². The lowest BCUT2D eigenvalue weighted by Gasteiger charge is -2.12. The van der Waals surface area contributed by atoms with Gasteiger partial charge >= 0.3 is 0 Å².